The molecule has 2 rings (SSSR count). The second kappa shape index (κ2) is 6.54. The zero-order chi connectivity index (χ0) is 13.0. The van der Waals surface area contributed by atoms with Crippen molar-refractivity contribution in [2.75, 3.05) is 5.32 Å². The minimum Gasteiger partial charge on any atom is -0.380 e. The average Bonchev–Trinajstić information content (AvgIpc) is 2.74. The van der Waals surface area contributed by atoms with Crippen molar-refractivity contribution in [2.24, 2.45) is 0 Å². The number of anilines is 1. The van der Waals surface area contributed by atoms with Crippen LogP contribution in [-0.2, 0) is 6.54 Å². The summed E-state index contributed by atoms with van der Waals surface area (Å²) in [6, 6.07) is 9.08. The number of thiophene rings is 1. The number of nitrogens with one attached hydrogen (secondary N) is 1. The molecule has 2 aromatic rings. The lowest BCUT2D eigenvalue weighted by atomic mass is 10.3. The van der Waals surface area contributed by atoms with Gasteiger partial charge in [0.25, 0.3) is 5.76 Å². The van der Waals surface area contributed by atoms with E-state index in [9.17, 15) is 8.78 Å². The fourth-order valence-electron chi connectivity index (χ4n) is 1.39. The Balaban J connectivity index is 1.90. The van der Waals surface area contributed by atoms with Gasteiger partial charge >= 0.3 is 0 Å². The Hall–Kier alpha value is -0.590. The van der Waals surface area contributed by atoms with Crippen LogP contribution >= 0.6 is 39.0 Å². The van der Waals surface area contributed by atoms with E-state index >= 15 is 0 Å². The third kappa shape index (κ3) is 4.26. The molecule has 0 amide bonds. The molecule has 96 valence electrons. The van der Waals surface area contributed by atoms with E-state index in [-0.39, 0.29) is 0 Å². The molecular weight excluding hydrogens is 340 g/mol. The molecule has 0 saturated heterocycles. The Bertz CT molecular complexity index is 499. The van der Waals surface area contributed by atoms with Crippen molar-refractivity contribution < 1.29 is 8.78 Å². The molecule has 1 nitrogen and oxygen atoms in total. The van der Waals surface area contributed by atoms with E-state index in [0.29, 0.717) is 16.7 Å². The van der Waals surface area contributed by atoms with Crippen molar-refractivity contribution in [2.45, 2.75) is 17.2 Å². The first-order valence-corrected chi connectivity index (χ1v) is 7.70. The predicted molar refractivity (Wildman–Crippen MR) is 77.6 cm³/mol. The maximum atomic E-state index is 12.1. The predicted octanol–water partition coefficient (Wildman–Crippen LogP) is 5.44. The van der Waals surface area contributed by atoms with E-state index in [1.165, 1.54) is 4.88 Å². The van der Waals surface area contributed by atoms with Gasteiger partial charge in [-0.1, -0.05) is 11.8 Å². The summed E-state index contributed by atoms with van der Waals surface area (Å²) >= 11 is 5.63. The molecule has 0 spiro atoms. The summed E-state index contributed by atoms with van der Waals surface area (Å²) in [4.78, 5) is 1.79. The van der Waals surface area contributed by atoms with Gasteiger partial charge in [-0.05, 0) is 46.3 Å². The Morgan fingerprint density at radius 2 is 2.00 bits per heavy atom. The molecule has 0 aliphatic heterocycles. The van der Waals surface area contributed by atoms with Crippen molar-refractivity contribution in [3.05, 3.63) is 45.1 Å². The van der Waals surface area contributed by atoms with Crippen LogP contribution < -0.4 is 5.32 Å². The van der Waals surface area contributed by atoms with Gasteiger partial charge in [0, 0.05) is 31.9 Å². The lowest BCUT2D eigenvalue weighted by molar-refractivity contribution is 0.252. The molecule has 0 atom stereocenters. The number of halogens is 3. The van der Waals surface area contributed by atoms with Gasteiger partial charge in [0.2, 0.25) is 0 Å². The van der Waals surface area contributed by atoms with Gasteiger partial charge in [0.05, 0.1) is 0 Å². The minimum atomic E-state index is -2.37. The third-order valence-electron chi connectivity index (χ3n) is 2.17. The van der Waals surface area contributed by atoms with Crippen LogP contribution in [0.15, 0.2) is 45.1 Å². The standard InChI is InChI=1S/C12H10BrF2NS2/c13-8-5-11(17-7-8)6-16-9-1-3-10(4-2-9)18-12(14)15/h1-5,7,12,16H,6H2. The summed E-state index contributed by atoms with van der Waals surface area (Å²) in [5, 5.41) is 5.27. The van der Waals surface area contributed by atoms with Crippen LogP contribution in [0.2, 0.25) is 0 Å². The largest absolute Gasteiger partial charge is 0.380 e. The number of hydrogen-bond donors (Lipinski definition) is 1. The summed E-state index contributed by atoms with van der Waals surface area (Å²) in [5.41, 5.74) is 0.929. The first-order chi connectivity index (χ1) is 8.63. The molecular formula is C12H10BrF2NS2. The van der Waals surface area contributed by atoms with Gasteiger partial charge in [-0.3, -0.25) is 0 Å². The molecule has 0 aliphatic rings. The summed E-state index contributed by atoms with van der Waals surface area (Å²) in [7, 11) is 0. The summed E-state index contributed by atoms with van der Waals surface area (Å²) in [5.74, 6) is -2.37. The van der Waals surface area contributed by atoms with Crippen LogP contribution in [0.3, 0.4) is 0 Å². The van der Waals surface area contributed by atoms with Crippen LogP contribution in [0.1, 0.15) is 4.88 Å². The summed E-state index contributed by atoms with van der Waals surface area (Å²) < 4.78 is 25.4. The highest BCUT2D eigenvalue weighted by Gasteiger charge is 2.04. The van der Waals surface area contributed by atoms with Crippen molar-refractivity contribution in [1.82, 2.24) is 0 Å². The van der Waals surface area contributed by atoms with Gasteiger partial charge in [-0.15, -0.1) is 11.3 Å². The molecule has 1 aromatic carbocycles. The molecule has 6 heteroatoms. The molecule has 0 radical (unpaired) electrons. The molecule has 18 heavy (non-hydrogen) atoms. The monoisotopic (exact) mass is 349 g/mol. The summed E-state index contributed by atoms with van der Waals surface area (Å²) in [6.07, 6.45) is 0. The van der Waals surface area contributed by atoms with Gasteiger partial charge in [0.15, 0.2) is 0 Å². The van der Waals surface area contributed by atoms with Crippen LogP contribution in [0.25, 0.3) is 0 Å². The quantitative estimate of drug-likeness (QED) is 0.721. The van der Waals surface area contributed by atoms with E-state index in [1.807, 2.05) is 17.5 Å². The van der Waals surface area contributed by atoms with E-state index in [0.717, 1.165) is 16.7 Å². The van der Waals surface area contributed by atoms with Gasteiger partial charge in [-0.25, -0.2) is 0 Å². The van der Waals surface area contributed by atoms with Crippen molar-refractivity contribution in [1.29, 1.82) is 0 Å². The van der Waals surface area contributed by atoms with Gasteiger partial charge in [-0.2, -0.15) is 8.78 Å². The number of alkyl halides is 2. The average molecular weight is 350 g/mol. The third-order valence-corrected chi connectivity index (χ3v) is 4.59. The number of hydrogen-bond acceptors (Lipinski definition) is 3. The van der Waals surface area contributed by atoms with Crippen molar-refractivity contribution >= 4 is 44.7 Å². The molecule has 1 N–H and O–H groups in total. The molecule has 0 unspecified atom stereocenters. The normalized spacial score (nSPS) is 10.9. The number of rotatable bonds is 5. The van der Waals surface area contributed by atoms with Crippen LogP contribution in [0.5, 0.6) is 0 Å². The van der Waals surface area contributed by atoms with Gasteiger partial charge < -0.3 is 5.32 Å². The van der Waals surface area contributed by atoms with Crippen molar-refractivity contribution in [3.63, 3.8) is 0 Å². The molecule has 0 aliphatic carbocycles. The zero-order valence-corrected chi connectivity index (χ0v) is 12.4. The number of benzene rings is 1. The maximum Gasteiger partial charge on any atom is 0.288 e. The first-order valence-electron chi connectivity index (χ1n) is 5.15. The topological polar surface area (TPSA) is 12.0 Å². The molecule has 0 fully saturated rings. The lowest BCUT2D eigenvalue weighted by Gasteiger charge is -2.06. The highest BCUT2D eigenvalue weighted by Crippen LogP contribution is 2.26. The zero-order valence-electron chi connectivity index (χ0n) is 9.20. The fourth-order valence-corrected chi connectivity index (χ4v) is 3.28. The van der Waals surface area contributed by atoms with Crippen molar-refractivity contribution in [3.8, 4) is 0 Å². The first kappa shape index (κ1) is 13.8. The van der Waals surface area contributed by atoms with Crippen LogP contribution in [0.4, 0.5) is 14.5 Å². The Labute approximate surface area is 121 Å². The smallest absolute Gasteiger partial charge is 0.288 e. The fraction of sp³-hybridized carbons (Fsp3) is 0.167. The second-order valence-corrected chi connectivity index (χ2v) is 6.46. The molecule has 0 bridgehead atoms. The Morgan fingerprint density at radius 3 is 2.56 bits per heavy atom. The van der Waals surface area contributed by atoms with E-state index < -0.39 is 5.76 Å². The Kier molecular flexibility index (Phi) is 5.03. The highest BCUT2D eigenvalue weighted by molar-refractivity contribution is 9.10. The highest BCUT2D eigenvalue weighted by atomic mass is 79.9. The SMILES string of the molecule is FC(F)Sc1ccc(NCc2cc(Br)cs2)cc1. The second-order valence-electron chi connectivity index (χ2n) is 3.49. The van der Waals surface area contributed by atoms with Gasteiger partial charge in [0.1, 0.15) is 0 Å². The Morgan fingerprint density at radius 1 is 1.28 bits per heavy atom. The van der Waals surface area contributed by atoms with Crippen LogP contribution in [0, 0.1) is 0 Å². The maximum absolute atomic E-state index is 12.1. The lowest BCUT2D eigenvalue weighted by Crippen LogP contribution is -1.96. The van der Waals surface area contributed by atoms with E-state index in [2.05, 4.69) is 27.3 Å². The number of thioether (sulfide) groups is 1. The molecule has 1 heterocycles. The molecule has 0 saturated carbocycles. The van der Waals surface area contributed by atoms with Crippen LogP contribution in [-0.4, -0.2) is 5.76 Å². The summed E-state index contributed by atoms with van der Waals surface area (Å²) in [6.45, 7) is 0.734. The molecule has 1 aromatic heterocycles. The minimum absolute atomic E-state index is 0.560. The van der Waals surface area contributed by atoms with E-state index in [1.54, 1.807) is 23.5 Å². The van der Waals surface area contributed by atoms with E-state index in [4.69, 9.17) is 0 Å².